The van der Waals surface area contributed by atoms with Gasteiger partial charge in [-0.05, 0) is 44.8 Å². The van der Waals surface area contributed by atoms with Crippen molar-refractivity contribution in [2.24, 2.45) is 0 Å². The van der Waals surface area contributed by atoms with E-state index in [1.807, 2.05) is 52.0 Å². The van der Waals surface area contributed by atoms with Crippen LogP contribution in [0, 0.1) is 6.92 Å². The quantitative estimate of drug-likeness (QED) is 0.785. The van der Waals surface area contributed by atoms with Gasteiger partial charge in [-0.3, -0.25) is 9.59 Å². The van der Waals surface area contributed by atoms with E-state index >= 15 is 0 Å². The van der Waals surface area contributed by atoms with Gasteiger partial charge in [0.2, 0.25) is 5.91 Å². The Hall–Kier alpha value is -2.32. The fraction of sp³-hybridized carbons (Fsp3) is 0.474. The highest BCUT2D eigenvalue weighted by Gasteiger charge is 2.34. The van der Waals surface area contributed by atoms with Gasteiger partial charge in [-0.1, -0.05) is 34.3 Å². The lowest BCUT2D eigenvalue weighted by Crippen LogP contribution is -2.50. The van der Waals surface area contributed by atoms with Crippen molar-refractivity contribution < 1.29 is 14.3 Å². The Morgan fingerprint density at radius 3 is 2.44 bits per heavy atom. The first-order chi connectivity index (χ1) is 12.7. The van der Waals surface area contributed by atoms with Crippen LogP contribution in [-0.4, -0.2) is 52.1 Å². The molecule has 1 unspecified atom stereocenters. The Kier molecular flexibility index (Phi) is 7.04. The molecule has 0 aliphatic carbocycles. The first kappa shape index (κ1) is 21.0. The fourth-order valence-corrected chi connectivity index (χ4v) is 3.03. The third kappa shape index (κ3) is 5.83. The van der Waals surface area contributed by atoms with Crippen molar-refractivity contribution in [3.63, 3.8) is 0 Å². The van der Waals surface area contributed by atoms with Crippen LogP contribution >= 0.6 is 11.5 Å². The molecular weight excluding hydrogens is 364 g/mol. The van der Waals surface area contributed by atoms with E-state index in [0.717, 1.165) is 22.7 Å². The molecule has 1 aromatic heterocycles. The third-order valence-electron chi connectivity index (χ3n) is 3.83. The van der Waals surface area contributed by atoms with Crippen molar-refractivity contribution in [1.29, 1.82) is 0 Å². The summed E-state index contributed by atoms with van der Waals surface area (Å²) >= 11 is 1.10. The lowest BCUT2D eigenvalue weighted by molar-refractivity contribution is -0.127. The van der Waals surface area contributed by atoms with E-state index in [1.165, 1.54) is 4.90 Å². The molecule has 0 saturated heterocycles. The Morgan fingerprint density at radius 2 is 1.93 bits per heavy atom. The molecule has 0 aliphatic rings. The normalized spacial score (nSPS) is 12.5. The molecule has 2 amide bonds. The summed E-state index contributed by atoms with van der Waals surface area (Å²) < 4.78 is 8.93. The highest BCUT2D eigenvalue weighted by molar-refractivity contribution is 7.03. The molecule has 27 heavy (non-hydrogen) atoms. The number of ether oxygens (including phenoxy) is 1. The van der Waals surface area contributed by atoms with Gasteiger partial charge >= 0.3 is 0 Å². The number of carbonyl (C=O) groups excluding carboxylic acids is 2. The molecule has 146 valence electrons. The standard InChI is InChI=1S/C19H26N4O3S/c1-13-6-8-14(9-7-13)16(17(24)20-19(2,3)4)23(10-11-26-5)18(25)15-12-27-22-21-15/h6-9,12,16H,10-11H2,1-5H3,(H,20,24). The van der Waals surface area contributed by atoms with Gasteiger partial charge in [0, 0.05) is 24.6 Å². The van der Waals surface area contributed by atoms with E-state index in [0.29, 0.717) is 6.61 Å². The number of hydrogen-bond donors (Lipinski definition) is 1. The second kappa shape index (κ2) is 9.05. The van der Waals surface area contributed by atoms with Crippen LogP contribution < -0.4 is 5.32 Å². The average molecular weight is 391 g/mol. The maximum Gasteiger partial charge on any atom is 0.276 e. The minimum Gasteiger partial charge on any atom is -0.383 e. The molecular formula is C19H26N4O3S. The predicted molar refractivity (Wildman–Crippen MR) is 105 cm³/mol. The Labute approximate surface area is 163 Å². The number of aromatic nitrogens is 2. The zero-order valence-electron chi connectivity index (χ0n) is 16.4. The zero-order valence-corrected chi connectivity index (χ0v) is 17.2. The number of carbonyl (C=O) groups is 2. The van der Waals surface area contributed by atoms with Crippen LogP contribution in [0.4, 0.5) is 0 Å². The molecule has 0 radical (unpaired) electrons. The van der Waals surface area contributed by atoms with Crippen LogP contribution in [0.5, 0.6) is 0 Å². The second-order valence-electron chi connectivity index (χ2n) is 7.33. The molecule has 0 aliphatic heterocycles. The van der Waals surface area contributed by atoms with Crippen LogP contribution in [0.2, 0.25) is 0 Å². The summed E-state index contributed by atoms with van der Waals surface area (Å²) in [6, 6.07) is 6.80. The van der Waals surface area contributed by atoms with Gasteiger partial charge in [0.1, 0.15) is 6.04 Å². The Bertz CT molecular complexity index is 754. The van der Waals surface area contributed by atoms with Gasteiger partial charge in [-0.2, -0.15) is 0 Å². The molecule has 0 bridgehead atoms. The van der Waals surface area contributed by atoms with E-state index in [9.17, 15) is 9.59 Å². The molecule has 1 aromatic carbocycles. The summed E-state index contributed by atoms with van der Waals surface area (Å²) in [7, 11) is 1.56. The maximum atomic E-state index is 13.1. The minimum absolute atomic E-state index is 0.219. The highest BCUT2D eigenvalue weighted by atomic mass is 32.1. The summed E-state index contributed by atoms with van der Waals surface area (Å²) in [5.41, 5.74) is 1.59. The smallest absolute Gasteiger partial charge is 0.276 e. The van der Waals surface area contributed by atoms with Crippen molar-refractivity contribution in [3.8, 4) is 0 Å². The number of aryl methyl sites for hydroxylation is 1. The molecule has 1 N–H and O–H groups in total. The van der Waals surface area contributed by atoms with Crippen molar-refractivity contribution in [2.45, 2.75) is 39.3 Å². The van der Waals surface area contributed by atoms with Crippen LogP contribution in [0.1, 0.15) is 48.4 Å². The average Bonchev–Trinajstić information content (AvgIpc) is 3.12. The summed E-state index contributed by atoms with van der Waals surface area (Å²) in [6.45, 7) is 8.24. The number of amides is 2. The van der Waals surface area contributed by atoms with Crippen molar-refractivity contribution in [3.05, 3.63) is 46.5 Å². The predicted octanol–water partition coefficient (Wildman–Crippen LogP) is 2.59. The van der Waals surface area contributed by atoms with E-state index in [-0.39, 0.29) is 24.1 Å². The summed E-state index contributed by atoms with van der Waals surface area (Å²) in [5, 5.41) is 8.44. The number of methoxy groups -OCH3 is 1. The van der Waals surface area contributed by atoms with Gasteiger partial charge in [0.05, 0.1) is 6.61 Å². The Balaban J connectivity index is 2.46. The van der Waals surface area contributed by atoms with Crippen LogP contribution in [0.25, 0.3) is 0 Å². The van der Waals surface area contributed by atoms with Gasteiger partial charge in [0.15, 0.2) is 5.69 Å². The lowest BCUT2D eigenvalue weighted by Gasteiger charge is -2.33. The summed E-state index contributed by atoms with van der Waals surface area (Å²) in [5.74, 6) is -0.602. The molecule has 1 atom stereocenters. The molecule has 7 nitrogen and oxygen atoms in total. The van der Waals surface area contributed by atoms with Gasteiger partial charge < -0.3 is 15.0 Å². The molecule has 0 saturated carbocycles. The number of nitrogens with zero attached hydrogens (tertiary/aromatic N) is 3. The molecule has 2 aromatic rings. The molecule has 1 heterocycles. The summed E-state index contributed by atoms with van der Waals surface area (Å²) in [4.78, 5) is 27.7. The lowest BCUT2D eigenvalue weighted by atomic mass is 10.00. The highest BCUT2D eigenvalue weighted by Crippen LogP contribution is 2.24. The number of rotatable bonds is 7. The van der Waals surface area contributed by atoms with Gasteiger partial charge in [-0.15, -0.1) is 5.10 Å². The fourth-order valence-electron chi connectivity index (χ4n) is 2.60. The first-order valence-corrected chi connectivity index (χ1v) is 9.52. The summed E-state index contributed by atoms with van der Waals surface area (Å²) in [6.07, 6.45) is 0. The Morgan fingerprint density at radius 1 is 1.26 bits per heavy atom. The van der Waals surface area contributed by atoms with Crippen LogP contribution in [0.15, 0.2) is 29.6 Å². The molecule has 8 heteroatoms. The largest absolute Gasteiger partial charge is 0.383 e. The number of hydrogen-bond acceptors (Lipinski definition) is 6. The minimum atomic E-state index is -0.797. The van der Waals surface area contributed by atoms with Crippen LogP contribution in [0.3, 0.4) is 0 Å². The monoisotopic (exact) mass is 390 g/mol. The zero-order chi connectivity index (χ0) is 20.0. The van der Waals surface area contributed by atoms with E-state index in [1.54, 1.807) is 12.5 Å². The van der Waals surface area contributed by atoms with E-state index in [2.05, 4.69) is 14.9 Å². The number of benzene rings is 1. The molecule has 2 rings (SSSR count). The van der Waals surface area contributed by atoms with Gasteiger partial charge in [0.25, 0.3) is 5.91 Å². The first-order valence-electron chi connectivity index (χ1n) is 8.68. The third-order valence-corrected chi connectivity index (χ3v) is 4.33. The molecule has 0 spiro atoms. The SMILES string of the molecule is COCCN(C(=O)c1csnn1)C(C(=O)NC(C)(C)C)c1ccc(C)cc1. The second-order valence-corrected chi connectivity index (χ2v) is 7.94. The molecule has 0 fully saturated rings. The van der Waals surface area contributed by atoms with Crippen molar-refractivity contribution in [1.82, 2.24) is 19.8 Å². The topological polar surface area (TPSA) is 84.4 Å². The number of nitrogens with one attached hydrogen (secondary N) is 1. The van der Waals surface area contributed by atoms with E-state index < -0.39 is 11.6 Å². The maximum absolute atomic E-state index is 13.1. The van der Waals surface area contributed by atoms with Gasteiger partial charge in [-0.25, -0.2) is 0 Å². The van der Waals surface area contributed by atoms with Crippen LogP contribution in [-0.2, 0) is 9.53 Å². The van der Waals surface area contributed by atoms with Crippen molar-refractivity contribution in [2.75, 3.05) is 20.3 Å². The van der Waals surface area contributed by atoms with E-state index in [4.69, 9.17) is 4.74 Å². The van der Waals surface area contributed by atoms with Crippen molar-refractivity contribution >= 4 is 23.3 Å².